The molecule has 0 saturated heterocycles. The predicted molar refractivity (Wildman–Crippen MR) is 118 cm³/mol. The van der Waals surface area contributed by atoms with Crippen molar-refractivity contribution < 1.29 is 23.9 Å². The number of aryl methyl sites for hydroxylation is 1. The normalized spacial score (nSPS) is 11.5. The van der Waals surface area contributed by atoms with E-state index < -0.39 is 24.4 Å². The van der Waals surface area contributed by atoms with Crippen molar-refractivity contribution in [2.75, 3.05) is 20.3 Å². The molecule has 166 valence electrons. The number of nitrogens with one attached hydrogen (secondary N) is 2. The third-order valence-electron chi connectivity index (χ3n) is 4.82. The van der Waals surface area contributed by atoms with Crippen molar-refractivity contribution in [1.29, 1.82) is 0 Å². The molecule has 2 aromatic carbocycles. The fraction of sp³-hybridized carbons (Fsp3) is 0.375. The highest BCUT2D eigenvalue weighted by Gasteiger charge is 2.19. The molecular formula is C24H30N2O5. The Morgan fingerprint density at radius 2 is 1.74 bits per heavy atom. The Hall–Kier alpha value is -3.35. The van der Waals surface area contributed by atoms with Crippen LogP contribution in [0.5, 0.6) is 5.75 Å². The average molecular weight is 427 g/mol. The summed E-state index contributed by atoms with van der Waals surface area (Å²) in [6, 6.07) is 14.5. The molecular weight excluding hydrogens is 396 g/mol. The van der Waals surface area contributed by atoms with E-state index in [1.54, 1.807) is 24.3 Å². The molecule has 0 aliphatic carbocycles. The molecule has 0 aromatic heterocycles. The fourth-order valence-corrected chi connectivity index (χ4v) is 3.03. The monoisotopic (exact) mass is 426 g/mol. The third-order valence-corrected chi connectivity index (χ3v) is 4.82. The van der Waals surface area contributed by atoms with Gasteiger partial charge in [0.15, 0.2) is 6.61 Å². The topological polar surface area (TPSA) is 93.7 Å². The van der Waals surface area contributed by atoms with E-state index in [-0.39, 0.29) is 18.5 Å². The third kappa shape index (κ3) is 7.44. The molecule has 0 heterocycles. The number of amides is 2. The minimum atomic E-state index is -0.695. The second-order valence-electron chi connectivity index (χ2n) is 7.46. The van der Waals surface area contributed by atoms with E-state index in [0.29, 0.717) is 11.3 Å². The van der Waals surface area contributed by atoms with Crippen molar-refractivity contribution in [3.8, 4) is 5.75 Å². The first-order valence-electron chi connectivity index (χ1n) is 10.3. The predicted octanol–water partition coefficient (Wildman–Crippen LogP) is 3.04. The minimum absolute atomic E-state index is 0.161. The van der Waals surface area contributed by atoms with Gasteiger partial charge in [-0.25, -0.2) is 0 Å². The Morgan fingerprint density at radius 1 is 1.03 bits per heavy atom. The quantitative estimate of drug-likeness (QED) is 0.570. The van der Waals surface area contributed by atoms with Gasteiger partial charge in [0.25, 0.3) is 11.8 Å². The maximum absolute atomic E-state index is 12.3. The number of benzene rings is 2. The summed E-state index contributed by atoms with van der Waals surface area (Å²) in [6.07, 6.45) is 0.948. The van der Waals surface area contributed by atoms with Crippen LogP contribution in [0.15, 0.2) is 48.5 Å². The van der Waals surface area contributed by atoms with Crippen molar-refractivity contribution in [3.63, 3.8) is 0 Å². The van der Waals surface area contributed by atoms with E-state index in [1.165, 1.54) is 12.7 Å². The summed E-state index contributed by atoms with van der Waals surface area (Å²) >= 11 is 0. The van der Waals surface area contributed by atoms with Crippen LogP contribution in [0.3, 0.4) is 0 Å². The molecule has 2 aromatic rings. The summed E-state index contributed by atoms with van der Waals surface area (Å²) in [5.74, 6) is -0.827. The number of carbonyl (C=O) groups is 3. The van der Waals surface area contributed by atoms with Crippen molar-refractivity contribution in [2.45, 2.75) is 33.2 Å². The van der Waals surface area contributed by atoms with Crippen LogP contribution in [-0.2, 0) is 20.7 Å². The van der Waals surface area contributed by atoms with Gasteiger partial charge in [-0.2, -0.15) is 0 Å². The van der Waals surface area contributed by atoms with Gasteiger partial charge in [-0.15, -0.1) is 0 Å². The maximum atomic E-state index is 12.3. The van der Waals surface area contributed by atoms with Crippen LogP contribution in [0.25, 0.3) is 0 Å². The van der Waals surface area contributed by atoms with Gasteiger partial charge in [-0.05, 0) is 41.7 Å². The van der Waals surface area contributed by atoms with Gasteiger partial charge >= 0.3 is 5.97 Å². The highest BCUT2D eigenvalue weighted by atomic mass is 16.5. The average Bonchev–Trinajstić information content (AvgIpc) is 2.79. The summed E-state index contributed by atoms with van der Waals surface area (Å²) < 4.78 is 10.1. The molecule has 0 fully saturated rings. The lowest BCUT2D eigenvalue weighted by molar-refractivity contribution is -0.147. The van der Waals surface area contributed by atoms with Crippen molar-refractivity contribution in [2.24, 2.45) is 5.92 Å². The molecule has 0 spiro atoms. The van der Waals surface area contributed by atoms with Crippen LogP contribution in [0, 0.1) is 5.92 Å². The number of ether oxygens (including phenoxy) is 2. The Labute approximate surface area is 183 Å². The molecule has 7 nitrogen and oxygen atoms in total. The van der Waals surface area contributed by atoms with Gasteiger partial charge in [0.05, 0.1) is 13.2 Å². The molecule has 0 aliphatic rings. The Kier molecular flexibility index (Phi) is 9.06. The van der Waals surface area contributed by atoms with Crippen LogP contribution in [-0.4, -0.2) is 38.0 Å². The second kappa shape index (κ2) is 11.7. The van der Waals surface area contributed by atoms with Gasteiger partial charge in [-0.3, -0.25) is 14.4 Å². The van der Waals surface area contributed by atoms with Gasteiger partial charge < -0.3 is 20.1 Å². The van der Waals surface area contributed by atoms with E-state index in [0.717, 1.165) is 12.0 Å². The van der Waals surface area contributed by atoms with Crippen molar-refractivity contribution >= 4 is 17.8 Å². The fourth-order valence-electron chi connectivity index (χ4n) is 3.03. The molecule has 7 heteroatoms. The zero-order chi connectivity index (χ0) is 22.8. The molecule has 2 rings (SSSR count). The molecule has 31 heavy (non-hydrogen) atoms. The van der Waals surface area contributed by atoms with Crippen molar-refractivity contribution in [1.82, 2.24) is 10.6 Å². The molecule has 0 bridgehead atoms. The standard InChI is InChI=1S/C24H30N2O5/c1-5-17-9-11-18(12-10-17)23(16(2)3)26-21(27)15-31-22(28)14-25-24(29)19-7-6-8-20(13-19)30-4/h6-13,16,23H,5,14-15H2,1-4H3,(H,25,29)(H,26,27)/t23-/m0/s1. The summed E-state index contributed by atoms with van der Waals surface area (Å²) in [5.41, 5.74) is 2.58. The number of esters is 1. The highest BCUT2D eigenvalue weighted by Crippen LogP contribution is 2.22. The lowest BCUT2D eigenvalue weighted by Crippen LogP contribution is -2.36. The van der Waals surface area contributed by atoms with E-state index in [1.807, 2.05) is 38.1 Å². The number of methoxy groups -OCH3 is 1. The zero-order valence-electron chi connectivity index (χ0n) is 18.4. The minimum Gasteiger partial charge on any atom is -0.497 e. The number of rotatable bonds is 10. The number of hydrogen-bond donors (Lipinski definition) is 2. The second-order valence-corrected chi connectivity index (χ2v) is 7.46. The highest BCUT2D eigenvalue weighted by molar-refractivity contribution is 5.96. The summed E-state index contributed by atoms with van der Waals surface area (Å²) in [7, 11) is 1.50. The summed E-state index contributed by atoms with van der Waals surface area (Å²) in [6.45, 7) is 5.36. The lowest BCUT2D eigenvalue weighted by Gasteiger charge is -2.23. The zero-order valence-corrected chi connectivity index (χ0v) is 18.4. The van der Waals surface area contributed by atoms with Crippen LogP contribution in [0.4, 0.5) is 0 Å². The van der Waals surface area contributed by atoms with E-state index in [4.69, 9.17) is 9.47 Å². The molecule has 0 unspecified atom stereocenters. The van der Waals surface area contributed by atoms with E-state index >= 15 is 0 Å². The molecule has 2 N–H and O–H groups in total. The first-order valence-corrected chi connectivity index (χ1v) is 10.3. The van der Waals surface area contributed by atoms with Crippen LogP contribution in [0.2, 0.25) is 0 Å². The van der Waals surface area contributed by atoms with Gasteiger partial charge in [0.1, 0.15) is 12.3 Å². The van der Waals surface area contributed by atoms with E-state index in [9.17, 15) is 14.4 Å². The Balaban J connectivity index is 1.81. The van der Waals surface area contributed by atoms with Crippen LogP contribution in [0.1, 0.15) is 48.3 Å². The van der Waals surface area contributed by atoms with Crippen molar-refractivity contribution in [3.05, 3.63) is 65.2 Å². The van der Waals surface area contributed by atoms with Gasteiger partial charge in [-0.1, -0.05) is 51.1 Å². The Bertz CT molecular complexity index is 893. The van der Waals surface area contributed by atoms with Crippen LogP contribution >= 0.6 is 0 Å². The molecule has 0 aliphatic heterocycles. The largest absolute Gasteiger partial charge is 0.497 e. The van der Waals surface area contributed by atoms with Gasteiger partial charge in [0, 0.05) is 5.56 Å². The first kappa shape index (κ1) is 23.9. The molecule has 0 saturated carbocycles. The van der Waals surface area contributed by atoms with Gasteiger partial charge in [0.2, 0.25) is 0 Å². The summed E-state index contributed by atoms with van der Waals surface area (Å²) in [5, 5.41) is 5.38. The SMILES string of the molecule is CCc1ccc([C@@H](NC(=O)COC(=O)CNC(=O)c2cccc(OC)c2)C(C)C)cc1. The first-order chi connectivity index (χ1) is 14.8. The lowest BCUT2D eigenvalue weighted by atomic mass is 9.95. The molecule has 0 radical (unpaired) electrons. The van der Waals surface area contributed by atoms with E-state index in [2.05, 4.69) is 17.6 Å². The molecule has 1 atom stereocenters. The molecule has 2 amide bonds. The maximum Gasteiger partial charge on any atom is 0.325 e. The number of carbonyl (C=O) groups excluding carboxylic acids is 3. The Morgan fingerprint density at radius 3 is 2.35 bits per heavy atom. The summed E-state index contributed by atoms with van der Waals surface area (Å²) in [4.78, 5) is 36.3. The smallest absolute Gasteiger partial charge is 0.325 e. The van der Waals surface area contributed by atoms with Crippen LogP contribution < -0.4 is 15.4 Å². The number of hydrogen-bond acceptors (Lipinski definition) is 5.